The van der Waals surface area contributed by atoms with Gasteiger partial charge in [-0.15, -0.1) is 0 Å². The zero-order valence-electron chi connectivity index (χ0n) is 15.8. The predicted molar refractivity (Wildman–Crippen MR) is 112 cm³/mol. The highest BCUT2D eigenvalue weighted by molar-refractivity contribution is 6.14. The van der Waals surface area contributed by atoms with Crippen LogP contribution in [0.25, 0.3) is 21.8 Å². The number of nitrogens with one attached hydrogen (secondary N) is 1. The van der Waals surface area contributed by atoms with Crippen LogP contribution in [0, 0.1) is 5.21 Å². The van der Waals surface area contributed by atoms with Crippen molar-refractivity contribution in [1.29, 1.82) is 0 Å². The van der Waals surface area contributed by atoms with Crippen molar-refractivity contribution in [3.8, 4) is 0 Å². The normalized spacial score (nSPS) is 11.4. The molecule has 0 amide bonds. The molecule has 0 aliphatic carbocycles. The second-order valence-electron chi connectivity index (χ2n) is 6.48. The molecule has 0 saturated heterocycles. The van der Waals surface area contributed by atoms with E-state index in [9.17, 15) is 10.4 Å². The number of nitrogens with zero attached hydrogens (tertiary/aromatic N) is 3. The van der Waals surface area contributed by atoms with E-state index in [1.807, 2.05) is 24.3 Å². The van der Waals surface area contributed by atoms with E-state index in [0.29, 0.717) is 22.1 Å². The minimum absolute atomic E-state index is 0.0798. The van der Waals surface area contributed by atoms with E-state index in [-0.39, 0.29) is 10.9 Å². The van der Waals surface area contributed by atoms with Crippen LogP contribution < -0.4 is 16.3 Å². The molecule has 144 valence electrons. The maximum Gasteiger partial charge on any atom is 0.0998 e. The van der Waals surface area contributed by atoms with E-state index < -0.39 is 0 Å². The molecule has 0 radical (unpaired) electrons. The highest BCUT2D eigenvalue weighted by Gasteiger charge is 2.14. The summed E-state index contributed by atoms with van der Waals surface area (Å²) in [4.78, 5) is 6.94. The lowest BCUT2D eigenvalue weighted by atomic mass is 10.1. The van der Waals surface area contributed by atoms with E-state index in [2.05, 4.69) is 29.0 Å². The van der Waals surface area contributed by atoms with Crippen molar-refractivity contribution < 1.29 is 5.21 Å². The molecule has 0 aliphatic rings. The number of pyridine rings is 1. The molecule has 0 bridgehead atoms. The van der Waals surface area contributed by atoms with Crippen LogP contribution in [0.4, 0.5) is 17.1 Å². The molecule has 7 nitrogen and oxygen atoms in total. The van der Waals surface area contributed by atoms with E-state index in [1.165, 1.54) is 0 Å². The molecule has 0 saturated carbocycles. The van der Waals surface area contributed by atoms with Gasteiger partial charge in [-0.3, -0.25) is 5.21 Å². The Labute approximate surface area is 158 Å². The molecular formula is C20H26N5O2-. The molecule has 0 unspecified atom stereocenters. The van der Waals surface area contributed by atoms with Crippen LogP contribution in [-0.4, -0.2) is 41.3 Å². The first-order valence-electron chi connectivity index (χ1n) is 9.30. The fraction of sp³-hybridized carbons (Fsp3) is 0.350. The highest BCUT2D eigenvalue weighted by atomic mass is 16.8. The van der Waals surface area contributed by atoms with E-state index >= 15 is 0 Å². The maximum atomic E-state index is 11.6. The summed E-state index contributed by atoms with van der Waals surface area (Å²) in [5.41, 5.74) is 8.94. The molecule has 1 aromatic heterocycles. The first kappa shape index (κ1) is 19.2. The molecule has 0 aliphatic heterocycles. The van der Waals surface area contributed by atoms with Gasteiger partial charge in [-0.1, -0.05) is 32.0 Å². The van der Waals surface area contributed by atoms with Gasteiger partial charge in [0.25, 0.3) is 0 Å². The topological polar surface area (TPSA) is 101 Å². The summed E-state index contributed by atoms with van der Waals surface area (Å²) in [5.74, 6) is 0. The molecule has 0 fully saturated rings. The van der Waals surface area contributed by atoms with Crippen molar-refractivity contribution in [2.75, 3.05) is 42.5 Å². The summed E-state index contributed by atoms with van der Waals surface area (Å²) in [6.07, 6.45) is 0.986. The highest BCUT2D eigenvalue weighted by Crippen LogP contribution is 2.38. The SMILES string of the molecule is CCN(CC)CCCNc1ccc(N([O-])O)c2nc3ccccc3c(N)c12. The van der Waals surface area contributed by atoms with Crippen LogP contribution in [0.1, 0.15) is 20.3 Å². The van der Waals surface area contributed by atoms with E-state index in [0.717, 1.165) is 43.7 Å². The lowest BCUT2D eigenvalue weighted by molar-refractivity contribution is 0.297. The third-order valence-corrected chi connectivity index (χ3v) is 4.92. The Morgan fingerprint density at radius 3 is 2.59 bits per heavy atom. The van der Waals surface area contributed by atoms with Gasteiger partial charge in [0.05, 0.1) is 22.4 Å². The average molecular weight is 368 g/mol. The van der Waals surface area contributed by atoms with Crippen molar-refractivity contribution >= 4 is 38.9 Å². The Bertz CT molecular complexity index is 925. The second-order valence-corrected chi connectivity index (χ2v) is 6.48. The summed E-state index contributed by atoms with van der Waals surface area (Å²) >= 11 is 0. The molecule has 3 aromatic rings. The van der Waals surface area contributed by atoms with Gasteiger partial charge in [-0.2, -0.15) is 0 Å². The van der Waals surface area contributed by atoms with Crippen LogP contribution in [0.2, 0.25) is 0 Å². The van der Waals surface area contributed by atoms with E-state index in [4.69, 9.17) is 5.73 Å². The fourth-order valence-electron chi connectivity index (χ4n) is 3.39. The standard InChI is InChI=1S/C20H26N5O2/c1-3-24(4-2)13-7-12-22-16-10-11-17(25(26)27)20-18(16)19(21)14-8-5-6-9-15(14)23-20/h5-6,8-11,22,26H,3-4,7,12-13H2,1-2H3,(H2,21,23)/q-1. The summed E-state index contributed by atoms with van der Waals surface area (Å²) in [6, 6.07) is 10.8. The third-order valence-electron chi connectivity index (χ3n) is 4.92. The number of rotatable bonds is 8. The summed E-state index contributed by atoms with van der Waals surface area (Å²) in [7, 11) is 0. The minimum atomic E-state index is -0.159. The van der Waals surface area contributed by atoms with Gasteiger partial charge in [-0.05, 0) is 44.3 Å². The van der Waals surface area contributed by atoms with Crippen molar-refractivity contribution in [2.24, 2.45) is 0 Å². The van der Waals surface area contributed by atoms with Gasteiger partial charge in [0, 0.05) is 23.0 Å². The molecule has 2 aromatic carbocycles. The molecule has 27 heavy (non-hydrogen) atoms. The monoisotopic (exact) mass is 368 g/mol. The molecule has 0 spiro atoms. The Balaban J connectivity index is 1.98. The van der Waals surface area contributed by atoms with Gasteiger partial charge in [-0.25, -0.2) is 4.98 Å². The molecular weight excluding hydrogens is 342 g/mol. The molecule has 4 N–H and O–H groups in total. The quantitative estimate of drug-likeness (QED) is 0.316. The number of hydrogen-bond acceptors (Lipinski definition) is 7. The Morgan fingerprint density at radius 2 is 1.89 bits per heavy atom. The van der Waals surface area contributed by atoms with E-state index in [1.54, 1.807) is 12.1 Å². The smallest absolute Gasteiger partial charge is 0.0998 e. The van der Waals surface area contributed by atoms with Crippen molar-refractivity contribution in [2.45, 2.75) is 20.3 Å². The predicted octanol–water partition coefficient (Wildman–Crippen LogP) is 3.81. The van der Waals surface area contributed by atoms with Crippen LogP contribution in [0.15, 0.2) is 36.4 Å². The number of nitrogens with two attached hydrogens (primary N) is 1. The van der Waals surface area contributed by atoms with Gasteiger partial charge >= 0.3 is 0 Å². The second kappa shape index (κ2) is 8.39. The molecule has 7 heteroatoms. The molecule has 1 heterocycles. The first-order valence-corrected chi connectivity index (χ1v) is 9.30. The number of para-hydroxylation sites is 1. The summed E-state index contributed by atoms with van der Waals surface area (Å²) in [5, 5.41) is 25.8. The molecule has 3 rings (SSSR count). The number of benzene rings is 2. The minimum Gasteiger partial charge on any atom is -0.733 e. The Hall–Kier alpha value is -2.61. The van der Waals surface area contributed by atoms with Gasteiger partial charge < -0.3 is 26.4 Å². The van der Waals surface area contributed by atoms with Crippen LogP contribution in [0.5, 0.6) is 0 Å². The fourth-order valence-corrected chi connectivity index (χ4v) is 3.39. The Kier molecular flexibility index (Phi) is 5.95. The average Bonchev–Trinajstić information content (AvgIpc) is 2.68. The van der Waals surface area contributed by atoms with Crippen molar-refractivity contribution in [3.63, 3.8) is 0 Å². The Morgan fingerprint density at radius 1 is 1.15 bits per heavy atom. The number of fused-ring (bicyclic) bond motifs is 2. The number of nitrogen functional groups attached to an aromatic ring is 1. The molecule has 0 atom stereocenters. The number of anilines is 3. The van der Waals surface area contributed by atoms with Gasteiger partial charge in [0.15, 0.2) is 0 Å². The van der Waals surface area contributed by atoms with Crippen molar-refractivity contribution in [1.82, 2.24) is 9.88 Å². The zero-order chi connectivity index (χ0) is 19.4. The number of aromatic nitrogens is 1. The van der Waals surface area contributed by atoms with Crippen LogP contribution in [0.3, 0.4) is 0 Å². The summed E-state index contributed by atoms with van der Waals surface area (Å²) in [6.45, 7) is 8.17. The largest absolute Gasteiger partial charge is 0.733 e. The number of hydrogen-bond donors (Lipinski definition) is 3. The zero-order valence-corrected chi connectivity index (χ0v) is 15.8. The van der Waals surface area contributed by atoms with Crippen molar-refractivity contribution in [3.05, 3.63) is 41.6 Å². The van der Waals surface area contributed by atoms with Crippen LogP contribution >= 0.6 is 0 Å². The maximum absolute atomic E-state index is 11.6. The lowest BCUT2D eigenvalue weighted by Crippen LogP contribution is -2.25. The van der Waals surface area contributed by atoms with Gasteiger partial charge in [0.2, 0.25) is 0 Å². The summed E-state index contributed by atoms with van der Waals surface area (Å²) < 4.78 is 0. The van der Waals surface area contributed by atoms with Crippen LogP contribution in [-0.2, 0) is 0 Å². The third kappa shape index (κ3) is 3.90. The first-order chi connectivity index (χ1) is 13.1. The van der Waals surface area contributed by atoms with Gasteiger partial charge in [0.1, 0.15) is 0 Å². The lowest BCUT2D eigenvalue weighted by Gasteiger charge is -2.25.